The quantitative estimate of drug-likeness (QED) is 0.739. The van der Waals surface area contributed by atoms with E-state index in [9.17, 15) is 0 Å². The molecule has 0 fully saturated rings. The van der Waals surface area contributed by atoms with Crippen LogP contribution in [0.2, 0.25) is 0 Å². The molecule has 100 valence electrons. The van der Waals surface area contributed by atoms with E-state index >= 15 is 0 Å². The minimum Gasteiger partial charge on any atom is -0.368 e. The van der Waals surface area contributed by atoms with E-state index in [1.807, 2.05) is 0 Å². The molecule has 2 heteroatoms. The summed E-state index contributed by atoms with van der Waals surface area (Å²) in [6, 6.07) is 0. The van der Waals surface area contributed by atoms with Gasteiger partial charge in [-0.05, 0) is 40.5 Å². The van der Waals surface area contributed by atoms with Gasteiger partial charge in [0.25, 0.3) is 0 Å². The first-order chi connectivity index (χ1) is 8.52. The van der Waals surface area contributed by atoms with Crippen molar-refractivity contribution >= 4 is 0 Å². The van der Waals surface area contributed by atoms with Gasteiger partial charge < -0.3 is 10.2 Å². The Bertz CT molecular complexity index is 382. The molecule has 0 aliphatic carbocycles. The summed E-state index contributed by atoms with van der Waals surface area (Å²) in [5.41, 5.74) is 4.08. The summed E-state index contributed by atoms with van der Waals surface area (Å²) in [6.07, 6.45) is 13.3. The normalized spacial score (nSPS) is 20.1. The Kier molecular flexibility index (Phi) is 5.76. The van der Waals surface area contributed by atoms with Gasteiger partial charge in [-0.1, -0.05) is 36.0 Å². The summed E-state index contributed by atoms with van der Waals surface area (Å²) in [7, 11) is 2.15. The van der Waals surface area contributed by atoms with Crippen molar-refractivity contribution in [3.8, 4) is 0 Å². The summed E-state index contributed by atoms with van der Waals surface area (Å²) in [4.78, 5) is 2.32. The zero-order valence-electron chi connectivity index (χ0n) is 12.3. The number of rotatable bonds is 5. The van der Waals surface area contributed by atoms with Crippen molar-refractivity contribution in [1.82, 2.24) is 10.2 Å². The highest BCUT2D eigenvalue weighted by molar-refractivity contribution is 5.18. The molecule has 0 amide bonds. The molecule has 1 unspecified atom stereocenters. The molecule has 1 aliphatic heterocycles. The predicted octanol–water partition coefficient (Wildman–Crippen LogP) is 3.96. The van der Waals surface area contributed by atoms with Gasteiger partial charge in [0.1, 0.15) is 0 Å². The Morgan fingerprint density at radius 1 is 1.28 bits per heavy atom. The lowest BCUT2D eigenvalue weighted by molar-refractivity contribution is 0.324. The van der Waals surface area contributed by atoms with Crippen LogP contribution in [0.5, 0.6) is 0 Å². The minimum absolute atomic E-state index is 0.432. The van der Waals surface area contributed by atoms with E-state index in [4.69, 9.17) is 0 Å². The monoisotopic (exact) mass is 246 g/mol. The van der Waals surface area contributed by atoms with E-state index in [2.05, 4.69) is 75.3 Å². The van der Waals surface area contributed by atoms with Crippen LogP contribution in [0.1, 0.15) is 40.5 Å². The average molecular weight is 246 g/mol. The second-order valence-electron chi connectivity index (χ2n) is 5.10. The van der Waals surface area contributed by atoms with Crippen LogP contribution in [0.3, 0.4) is 0 Å². The van der Waals surface area contributed by atoms with Gasteiger partial charge in [0.15, 0.2) is 0 Å². The molecule has 0 aromatic heterocycles. The fraction of sp³-hybridized carbons (Fsp3) is 0.500. The molecule has 0 saturated heterocycles. The Morgan fingerprint density at radius 2 is 2.00 bits per heavy atom. The molecule has 1 heterocycles. The molecule has 0 radical (unpaired) electrons. The largest absolute Gasteiger partial charge is 0.368 e. The number of hydrogen-bond acceptors (Lipinski definition) is 2. The summed E-state index contributed by atoms with van der Waals surface area (Å²) in [5, 5.41) is 3.45. The predicted molar refractivity (Wildman–Crippen MR) is 80.0 cm³/mol. The number of nitrogens with zero attached hydrogens (tertiary/aromatic N) is 1. The van der Waals surface area contributed by atoms with Gasteiger partial charge in [-0.15, -0.1) is 0 Å². The van der Waals surface area contributed by atoms with Crippen molar-refractivity contribution in [3.05, 3.63) is 47.3 Å². The second kappa shape index (κ2) is 7.10. The average Bonchev–Trinajstić information content (AvgIpc) is 2.53. The molecular formula is C16H26N2. The van der Waals surface area contributed by atoms with Crippen LogP contribution in [0.25, 0.3) is 0 Å². The van der Waals surface area contributed by atoms with E-state index in [-0.39, 0.29) is 0 Å². The van der Waals surface area contributed by atoms with Crippen LogP contribution in [0.15, 0.2) is 47.3 Å². The lowest BCUT2D eigenvalue weighted by Crippen LogP contribution is -2.31. The third-order valence-corrected chi connectivity index (χ3v) is 3.20. The van der Waals surface area contributed by atoms with Gasteiger partial charge in [0.2, 0.25) is 0 Å². The lowest BCUT2D eigenvalue weighted by Gasteiger charge is -2.20. The Morgan fingerprint density at radius 3 is 2.56 bits per heavy atom. The van der Waals surface area contributed by atoms with E-state index in [1.165, 1.54) is 17.0 Å². The number of nitrogens with one attached hydrogen (secondary N) is 1. The molecule has 0 bridgehead atoms. The minimum atomic E-state index is 0.432. The van der Waals surface area contributed by atoms with Gasteiger partial charge in [-0.2, -0.15) is 0 Å². The summed E-state index contributed by atoms with van der Waals surface area (Å²) in [6.45, 7) is 8.56. The first-order valence-electron chi connectivity index (χ1n) is 6.68. The molecular weight excluding hydrogens is 220 g/mol. The van der Waals surface area contributed by atoms with Gasteiger partial charge in [0, 0.05) is 18.4 Å². The Hall–Kier alpha value is -1.44. The second-order valence-corrected chi connectivity index (χ2v) is 5.10. The molecule has 0 saturated carbocycles. The Labute approximate surface area is 112 Å². The van der Waals surface area contributed by atoms with Crippen LogP contribution in [-0.2, 0) is 0 Å². The summed E-state index contributed by atoms with van der Waals surface area (Å²) >= 11 is 0. The van der Waals surface area contributed by atoms with E-state index in [0.717, 1.165) is 12.8 Å². The highest BCUT2D eigenvalue weighted by Crippen LogP contribution is 2.21. The third-order valence-electron chi connectivity index (χ3n) is 3.20. The summed E-state index contributed by atoms with van der Waals surface area (Å²) in [5.74, 6) is 0. The third kappa shape index (κ3) is 4.44. The lowest BCUT2D eigenvalue weighted by atomic mass is 10.2. The van der Waals surface area contributed by atoms with Crippen LogP contribution in [0.4, 0.5) is 0 Å². The van der Waals surface area contributed by atoms with E-state index < -0.39 is 0 Å². The van der Waals surface area contributed by atoms with Crippen molar-refractivity contribution in [3.63, 3.8) is 0 Å². The zero-order valence-corrected chi connectivity index (χ0v) is 12.3. The maximum atomic E-state index is 3.45. The molecule has 2 nitrogen and oxygen atoms in total. The van der Waals surface area contributed by atoms with Crippen LogP contribution in [0, 0.1) is 0 Å². The molecule has 1 atom stereocenters. The highest BCUT2D eigenvalue weighted by atomic mass is 15.3. The standard InChI is InChI=1S/C16H26N2/c1-13(2)11-9-7-6-8-10-12-16-14(3)17-15(4)18(16)5/h6-9,11,15,17H,10,12H2,1-5H3/b8-6+,9-7-. The van der Waals surface area contributed by atoms with Gasteiger partial charge in [0.05, 0.1) is 6.17 Å². The topological polar surface area (TPSA) is 15.3 Å². The molecule has 0 spiro atoms. The van der Waals surface area contributed by atoms with Crippen molar-refractivity contribution in [2.75, 3.05) is 7.05 Å². The number of hydrogen-bond donors (Lipinski definition) is 1. The first-order valence-corrected chi connectivity index (χ1v) is 6.68. The van der Waals surface area contributed by atoms with Crippen molar-refractivity contribution < 1.29 is 0 Å². The molecule has 1 N–H and O–H groups in total. The molecule has 0 aromatic rings. The van der Waals surface area contributed by atoms with Crippen LogP contribution >= 0.6 is 0 Å². The first kappa shape index (κ1) is 14.6. The van der Waals surface area contributed by atoms with Gasteiger partial charge in [-0.3, -0.25) is 0 Å². The van der Waals surface area contributed by atoms with Crippen LogP contribution < -0.4 is 5.32 Å². The van der Waals surface area contributed by atoms with Crippen LogP contribution in [-0.4, -0.2) is 18.1 Å². The maximum Gasteiger partial charge on any atom is 0.0953 e. The molecule has 18 heavy (non-hydrogen) atoms. The van der Waals surface area contributed by atoms with Crippen molar-refractivity contribution in [2.45, 2.75) is 46.7 Å². The number of allylic oxidation sites excluding steroid dienone is 8. The maximum absolute atomic E-state index is 3.45. The zero-order chi connectivity index (χ0) is 13.5. The van der Waals surface area contributed by atoms with Gasteiger partial charge in [-0.25, -0.2) is 0 Å². The van der Waals surface area contributed by atoms with Gasteiger partial charge >= 0.3 is 0 Å². The van der Waals surface area contributed by atoms with Crippen molar-refractivity contribution in [2.24, 2.45) is 0 Å². The van der Waals surface area contributed by atoms with Crippen molar-refractivity contribution in [1.29, 1.82) is 0 Å². The van der Waals surface area contributed by atoms with E-state index in [1.54, 1.807) is 0 Å². The molecule has 0 aromatic carbocycles. The van der Waals surface area contributed by atoms with E-state index in [0.29, 0.717) is 6.17 Å². The fourth-order valence-electron chi connectivity index (χ4n) is 2.06. The SMILES string of the molecule is CC(C)=C/C=C\C=C\CCC1=C(C)NC(C)N1C. The molecule has 1 rings (SSSR count). The Balaban J connectivity index is 2.34. The fourth-order valence-corrected chi connectivity index (χ4v) is 2.06. The highest BCUT2D eigenvalue weighted by Gasteiger charge is 2.20. The molecule has 1 aliphatic rings. The summed E-state index contributed by atoms with van der Waals surface area (Å²) < 4.78 is 0. The smallest absolute Gasteiger partial charge is 0.0953 e.